The highest BCUT2D eigenvalue weighted by Gasteiger charge is 2.05. The van der Waals surface area contributed by atoms with E-state index in [4.69, 9.17) is 5.73 Å². The molecule has 0 unspecified atom stereocenters. The van der Waals surface area contributed by atoms with Crippen LogP contribution in [0.15, 0.2) is 59.2 Å². The number of benzene rings is 2. The van der Waals surface area contributed by atoms with Crippen molar-refractivity contribution in [3.8, 4) is 0 Å². The molecule has 18 heavy (non-hydrogen) atoms. The van der Waals surface area contributed by atoms with Gasteiger partial charge in [-0.3, -0.25) is 0 Å². The number of rotatable bonds is 2. The van der Waals surface area contributed by atoms with Crippen LogP contribution in [-0.2, 0) is 6.54 Å². The largest absolute Gasteiger partial charge is 0.398 e. The fraction of sp³-hybridized carbons (Fsp3) is 0.0667. The average Bonchev–Trinajstić information content (AvgIpc) is 2.79. The first-order valence-electron chi connectivity index (χ1n) is 5.82. The SMILES string of the molecule is Nc1cccc(Cn2ccc3ccccc32)c1Br. The Bertz CT molecular complexity index is 701. The highest BCUT2D eigenvalue weighted by molar-refractivity contribution is 9.10. The van der Waals surface area contributed by atoms with Crippen LogP contribution >= 0.6 is 15.9 Å². The standard InChI is InChI=1S/C15H13BrN2/c16-15-12(5-3-6-13(15)17)10-18-9-8-11-4-1-2-7-14(11)18/h1-9H,10,17H2. The molecule has 0 spiro atoms. The number of fused-ring (bicyclic) bond motifs is 1. The van der Waals surface area contributed by atoms with Crippen LogP contribution in [0.25, 0.3) is 10.9 Å². The van der Waals surface area contributed by atoms with Crippen LogP contribution in [0.2, 0.25) is 0 Å². The van der Waals surface area contributed by atoms with Crippen LogP contribution < -0.4 is 5.73 Å². The first kappa shape index (κ1) is 11.4. The molecule has 0 amide bonds. The normalized spacial score (nSPS) is 10.9. The molecule has 0 radical (unpaired) electrons. The quantitative estimate of drug-likeness (QED) is 0.712. The van der Waals surface area contributed by atoms with E-state index in [0.29, 0.717) is 0 Å². The summed E-state index contributed by atoms with van der Waals surface area (Å²) in [7, 11) is 0. The summed E-state index contributed by atoms with van der Waals surface area (Å²) in [6.07, 6.45) is 2.11. The molecule has 3 heteroatoms. The van der Waals surface area contributed by atoms with Gasteiger partial charge >= 0.3 is 0 Å². The fourth-order valence-electron chi connectivity index (χ4n) is 2.18. The van der Waals surface area contributed by atoms with Crippen LogP contribution in [0, 0.1) is 0 Å². The molecule has 1 aromatic heterocycles. The lowest BCUT2D eigenvalue weighted by Gasteiger charge is -2.09. The Morgan fingerprint density at radius 1 is 1.00 bits per heavy atom. The molecule has 0 aliphatic heterocycles. The molecule has 1 heterocycles. The summed E-state index contributed by atoms with van der Waals surface area (Å²) in [6, 6.07) is 16.5. The molecule has 0 fully saturated rings. The fourth-order valence-corrected chi connectivity index (χ4v) is 2.57. The van der Waals surface area contributed by atoms with Gasteiger partial charge in [0.05, 0.1) is 0 Å². The van der Waals surface area contributed by atoms with E-state index in [1.54, 1.807) is 0 Å². The second-order valence-corrected chi connectivity index (χ2v) is 5.12. The zero-order valence-electron chi connectivity index (χ0n) is 9.81. The van der Waals surface area contributed by atoms with Crippen LogP contribution in [0.1, 0.15) is 5.56 Å². The summed E-state index contributed by atoms with van der Waals surface area (Å²) in [5.74, 6) is 0. The number of halogens is 1. The molecule has 2 aromatic carbocycles. The Kier molecular flexibility index (Phi) is 2.84. The highest BCUT2D eigenvalue weighted by Crippen LogP contribution is 2.26. The smallest absolute Gasteiger partial charge is 0.0488 e. The van der Waals surface area contributed by atoms with Crippen molar-refractivity contribution in [2.45, 2.75) is 6.54 Å². The lowest BCUT2D eigenvalue weighted by molar-refractivity contribution is 0.833. The topological polar surface area (TPSA) is 30.9 Å². The molecule has 3 aromatic rings. The van der Waals surface area contributed by atoms with E-state index in [-0.39, 0.29) is 0 Å². The molecule has 3 rings (SSSR count). The second kappa shape index (κ2) is 4.50. The summed E-state index contributed by atoms with van der Waals surface area (Å²) >= 11 is 3.55. The van der Waals surface area contributed by atoms with E-state index < -0.39 is 0 Å². The number of nitrogen functional groups attached to an aromatic ring is 1. The number of aromatic nitrogens is 1. The first-order valence-corrected chi connectivity index (χ1v) is 6.62. The Morgan fingerprint density at radius 3 is 2.72 bits per heavy atom. The molecule has 0 aliphatic carbocycles. The molecule has 0 saturated carbocycles. The van der Waals surface area contributed by atoms with Gasteiger partial charge in [0.2, 0.25) is 0 Å². The average molecular weight is 301 g/mol. The Balaban J connectivity index is 2.04. The Hall–Kier alpha value is -1.74. The van der Waals surface area contributed by atoms with Gasteiger partial charge < -0.3 is 10.3 Å². The van der Waals surface area contributed by atoms with E-state index in [2.05, 4.69) is 63.1 Å². The minimum absolute atomic E-state index is 0.781. The van der Waals surface area contributed by atoms with Crippen molar-refractivity contribution in [2.24, 2.45) is 0 Å². The van der Waals surface area contributed by atoms with Gasteiger partial charge in [0.1, 0.15) is 0 Å². The number of para-hydroxylation sites is 1. The third kappa shape index (κ3) is 1.91. The molecule has 0 bridgehead atoms. The maximum atomic E-state index is 5.91. The van der Waals surface area contributed by atoms with E-state index >= 15 is 0 Å². The summed E-state index contributed by atoms with van der Waals surface area (Å²) < 4.78 is 3.22. The van der Waals surface area contributed by atoms with E-state index in [1.165, 1.54) is 16.5 Å². The summed E-state index contributed by atoms with van der Waals surface area (Å²) in [4.78, 5) is 0. The second-order valence-electron chi connectivity index (χ2n) is 4.32. The first-order chi connectivity index (χ1) is 8.75. The highest BCUT2D eigenvalue weighted by atomic mass is 79.9. The molecule has 0 atom stereocenters. The van der Waals surface area contributed by atoms with Gasteiger partial charge in [0, 0.05) is 28.4 Å². The van der Waals surface area contributed by atoms with Gasteiger partial charge in [-0.15, -0.1) is 0 Å². The molecule has 0 aliphatic rings. The lowest BCUT2D eigenvalue weighted by atomic mass is 10.2. The molecular weight excluding hydrogens is 288 g/mol. The zero-order valence-corrected chi connectivity index (χ0v) is 11.4. The number of hydrogen-bond donors (Lipinski definition) is 1. The third-order valence-corrected chi connectivity index (χ3v) is 4.10. The number of anilines is 1. The third-order valence-electron chi connectivity index (χ3n) is 3.13. The van der Waals surface area contributed by atoms with Crippen molar-refractivity contribution >= 4 is 32.5 Å². The summed E-state index contributed by atoms with van der Waals surface area (Å²) in [5.41, 5.74) is 9.12. The van der Waals surface area contributed by atoms with Crippen LogP contribution in [-0.4, -0.2) is 4.57 Å². The maximum Gasteiger partial charge on any atom is 0.0488 e. The zero-order chi connectivity index (χ0) is 12.5. The predicted octanol–water partition coefficient (Wildman–Crippen LogP) is 4.03. The number of nitrogens with two attached hydrogens (primary N) is 1. The molecule has 0 saturated heterocycles. The van der Waals surface area contributed by atoms with Crippen LogP contribution in [0.5, 0.6) is 0 Å². The van der Waals surface area contributed by atoms with Gasteiger partial charge in [0.25, 0.3) is 0 Å². The predicted molar refractivity (Wildman–Crippen MR) is 79.6 cm³/mol. The van der Waals surface area contributed by atoms with E-state index in [9.17, 15) is 0 Å². The lowest BCUT2D eigenvalue weighted by Crippen LogP contribution is -2.00. The maximum absolute atomic E-state index is 5.91. The van der Waals surface area contributed by atoms with E-state index in [1.807, 2.05) is 12.1 Å². The Morgan fingerprint density at radius 2 is 1.83 bits per heavy atom. The van der Waals surface area contributed by atoms with E-state index in [0.717, 1.165) is 16.7 Å². The summed E-state index contributed by atoms with van der Waals surface area (Å²) in [5, 5.41) is 1.26. The minimum atomic E-state index is 0.781. The molecular formula is C15H13BrN2. The van der Waals surface area contributed by atoms with Gasteiger partial charge in [0.15, 0.2) is 0 Å². The summed E-state index contributed by atoms with van der Waals surface area (Å²) in [6.45, 7) is 0.819. The van der Waals surface area contributed by atoms with Gasteiger partial charge in [-0.1, -0.05) is 30.3 Å². The van der Waals surface area contributed by atoms with Crippen molar-refractivity contribution in [2.75, 3.05) is 5.73 Å². The van der Waals surface area contributed by atoms with Gasteiger partial charge in [-0.05, 0) is 45.1 Å². The monoisotopic (exact) mass is 300 g/mol. The van der Waals surface area contributed by atoms with Crippen LogP contribution in [0.3, 0.4) is 0 Å². The van der Waals surface area contributed by atoms with Gasteiger partial charge in [-0.2, -0.15) is 0 Å². The van der Waals surface area contributed by atoms with Crippen molar-refractivity contribution in [3.05, 3.63) is 64.8 Å². The van der Waals surface area contributed by atoms with Crippen LogP contribution in [0.4, 0.5) is 5.69 Å². The van der Waals surface area contributed by atoms with Crippen molar-refractivity contribution in [3.63, 3.8) is 0 Å². The van der Waals surface area contributed by atoms with Crippen molar-refractivity contribution in [1.29, 1.82) is 0 Å². The molecule has 2 nitrogen and oxygen atoms in total. The Labute approximate surface area is 114 Å². The van der Waals surface area contributed by atoms with Crippen molar-refractivity contribution < 1.29 is 0 Å². The van der Waals surface area contributed by atoms with Crippen molar-refractivity contribution in [1.82, 2.24) is 4.57 Å². The molecule has 90 valence electrons. The van der Waals surface area contributed by atoms with Gasteiger partial charge in [-0.25, -0.2) is 0 Å². The number of hydrogen-bond acceptors (Lipinski definition) is 1. The minimum Gasteiger partial charge on any atom is -0.398 e. The molecule has 2 N–H and O–H groups in total. The number of nitrogens with zero attached hydrogens (tertiary/aromatic N) is 1.